The number of thioether (sulfide) groups is 1. The van der Waals surface area contributed by atoms with E-state index in [9.17, 15) is 19.5 Å². The first-order chi connectivity index (χ1) is 19.2. The molecule has 4 rings (SSSR count). The van der Waals surface area contributed by atoms with Crippen LogP contribution in [-0.4, -0.2) is 53.2 Å². The summed E-state index contributed by atoms with van der Waals surface area (Å²) < 4.78 is 12.2. The van der Waals surface area contributed by atoms with Gasteiger partial charge in [0.15, 0.2) is 23.3 Å². The third-order valence-electron chi connectivity index (χ3n) is 5.82. The zero-order chi connectivity index (χ0) is 28.8. The number of aromatic carboxylic acids is 1. The van der Waals surface area contributed by atoms with Crippen LogP contribution in [0.25, 0.3) is 6.08 Å². The number of nitrogens with one attached hydrogen (secondary N) is 1. The number of amidine groups is 1. The molecular formula is C29H26BrN3O6S. The van der Waals surface area contributed by atoms with E-state index in [1.165, 1.54) is 22.7 Å². The molecule has 0 aliphatic carbocycles. The highest BCUT2D eigenvalue weighted by Crippen LogP contribution is 2.39. The van der Waals surface area contributed by atoms with Crippen molar-refractivity contribution in [3.63, 3.8) is 0 Å². The molecule has 3 aromatic carbocycles. The molecule has 0 saturated carbocycles. The van der Waals surface area contributed by atoms with Crippen molar-refractivity contribution >= 4 is 68.1 Å². The summed E-state index contributed by atoms with van der Waals surface area (Å²) in [5, 5.41) is 12.6. The number of aliphatic imine (C=N–C) groups is 1. The van der Waals surface area contributed by atoms with E-state index in [0.29, 0.717) is 55.2 Å². The second-order valence-electron chi connectivity index (χ2n) is 8.58. The predicted octanol–water partition coefficient (Wildman–Crippen LogP) is 6.11. The SMILES string of the molecule is CCOc1cc(/C=C2\SC(=Nc3cccc(C(=O)O)c3C)N(C)C2=O)c(Br)cc1OCC(=O)Nc1ccccc1. The molecule has 0 atom stereocenters. The molecule has 0 aromatic heterocycles. The Kier molecular flexibility index (Phi) is 9.28. The summed E-state index contributed by atoms with van der Waals surface area (Å²) >= 11 is 4.72. The van der Waals surface area contributed by atoms with Gasteiger partial charge in [-0.15, -0.1) is 0 Å². The quantitative estimate of drug-likeness (QED) is 0.276. The zero-order valence-corrected chi connectivity index (χ0v) is 24.3. The summed E-state index contributed by atoms with van der Waals surface area (Å²) in [5.74, 6) is -0.814. The molecule has 0 radical (unpaired) electrons. The van der Waals surface area contributed by atoms with Crippen LogP contribution in [0.5, 0.6) is 11.5 Å². The minimum Gasteiger partial charge on any atom is -0.490 e. The van der Waals surface area contributed by atoms with Crippen LogP contribution in [0, 0.1) is 6.92 Å². The zero-order valence-electron chi connectivity index (χ0n) is 21.9. The number of carbonyl (C=O) groups excluding carboxylic acids is 2. The molecule has 1 fully saturated rings. The summed E-state index contributed by atoms with van der Waals surface area (Å²) in [6, 6.07) is 17.3. The highest BCUT2D eigenvalue weighted by molar-refractivity contribution is 9.10. The van der Waals surface area contributed by atoms with Gasteiger partial charge < -0.3 is 19.9 Å². The maximum atomic E-state index is 13.0. The fourth-order valence-electron chi connectivity index (χ4n) is 3.78. The van der Waals surface area contributed by atoms with Gasteiger partial charge >= 0.3 is 5.97 Å². The molecular weight excluding hydrogens is 598 g/mol. The van der Waals surface area contributed by atoms with Crippen molar-refractivity contribution in [2.75, 3.05) is 25.6 Å². The van der Waals surface area contributed by atoms with Crippen molar-refractivity contribution in [1.29, 1.82) is 0 Å². The summed E-state index contributed by atoms with van der Waals surface area (Å²) in [6.45, 7) is 3.67. The molecule has 0 spiro atoms. The van der Waals surface area contributed by atoms with Gasteiger partial charge in [-0.25, -0.2) is 9.79 Å². The molecule has 1 aliphatic heterocycles. The van der Waals surface area contributed by atoms with Crippen LogP contribution in [0.4, 0.5) is 11.4 Å². The second-order valence-corrected chi connectivity index (χ2v) is 10.4. The number of nitrogens with zero attached hydrogens (tertiary/aromatic N) is 2. The number of likely N-dealkylation sites (N-methyl/N-ethyl adjacent to an activating group) is 1. The van der Waals surface area contributed by atoms with Gasteiger partial charge in [0.25, 0.3) is 11.8 Å². The number of carboxylic acids is 1. The minimum absolute atomic E-state index is 0.154. The lowest BCUT2D eigenvalue weighted by atomic mass is 10.1. The Bertz CT molecular complexity index is 1520. The van der Waals surface area contributed by atoms with E-state index in [0.717, 1.165) is 0 Å². The topological polar surface area (TPSA) is 118 Å². The van der Waals surface area contributed by atoms with Crippen molar-refractivity contribution in [3.8, 4) is 11.5 Å². The molecule has 9 nitrogen and oxygen atoms in total. The van der Waals surface area contributed by atoms with E-state index in [4.69, 9.17) is 9.47 Å². The van der Waals surface area contributed by atoms with Crippen molar-refractivity contribution < 1.29 is 29.0 Å². The number of para-hydroxylation sites is 1. The lowest BCUT2D eigenvalue weighted by molar-refractivity contribution is -0.121. The number of anilines is 1. The van der Waals surface area contributed by atoms with E-state index >= 15 is 0 Å². The number of carboxylic acid groups (broad SMARTS) is 1. The lowest BCUT2D eigenvalue weighted by Crippen LogP contribution is -2.23. The first-order valence-electron chi connectivity index (χ1n) is 12.2. The highest BCUT2D eigenvalue weighted by atomic mass is 79.9. The molecule has 40 heavy (non-hydrogen) atoms. The van der Waals surface area contributed by atoms with E-state index in [1.54, 1.807) is 56.4 Å². The number of hydrogen-bond donors (Lipinski definition) is 2. The number of carbonyl (C=O) groups is 3. The molecule has 0 bridgehead atoms. The van der Waals surface area contributed by atoms with Crippen LogP contribution < -0.4 is 14.8 Å². The predicted molar refractivity (Wildman–Crippen MR) is 159 cm³/mol. The van der Waals surface area contributed by atoms with Crippen molar-refractivity contribution in [2.24, 2.45) is 4.99 Å². The third kappa shape index (κ3) is 6.72. The number of rotatable bonds is 9. The Labute approximate surface area is 244 Å². The molecule has 3 aromatic rings. The van der Waals surface area contributed by atoms with Gasteiger partial charge in [0.1, 0.15) is 0 Å². The standard InChI is InChI=1S/C29H26BrN3O6S/c1-4-38-23-13-18(21(30)15-24(23)39-16-26(34)31-19-9-6-5-7-10-19)14-25-27(35)33(3)29(40-25)32-22-12-8-11-20(17(22)2)28(36)37/h5-15H,4,16H2,1-3H3,(H,31,34)(H,36,37)/b25-14-,32-29?. The minimum atomic E-state index is -1.04. The van der Waals surface area contributed by atoms with Gasteiger partial charge in [-0.2, -0.15) is 0 Å². The first kappa shape index (κ1) is 28.9. The fraction of sp³-hybridized carbons (Fsp3) is 0.172. The van der Waals surface area contributed by atoms with Gasteiger partial charge in [0.05, 0.1) is 22.8 Å². The molecule has 0 unspecified atom stereocenters. The third-order valence-corrected chi connectivity index (χ3v) is 7.57. The molecule has 206 valence electrons. The summed E-state index contributed by atoms with van der Waals surface area (Å²) in [7, 11) is 1.61. The van der Waals surface area contributed by atoms with E-state index < -0.39 is 5.97 Å². The summed E-state index contributed by atoms with van der Waals surface area (Å²) in [6.07, 6.45) is 1.71. The average Bonchev–Trinajstić information content (AvgIpc) is 3.18. The largest absolute Gasteiger partial charge is 0.490 e. The smallest absolute Gasteiger partial charge is 0.336 e. The number of ether oxygens (including phenoxy) is 2. The van der Waals surface area contributed by atoms with Gasteiger partial charge in [0, 0.05) is 17.2 Å². The lowest BCUT2D eigenvalue weighted by Gasteiger charge is -2.14. The monoisotopic (exact) mass is 623 g/mol. The maximum Gasteiger partial charge on any atom is 0.336 e. The second kappa shape index (κ2) is 12.8. The number of hydrogen-bond acceptors (Lipinski definition) is 7. The number of halogens is 1. The highest BCUT2D eigenvalue weighted by Gasteiger charge is 2.31. The van der Waals surface area contributed by atoms with Crippen molar-refractivity contribution in [3.05, 3.63) is 86.7 Å². The normalized spacial score (nSPS) is 15.0. The van der Waals surface area contributed by atoms with Crippen LogP contribution in [0.3, 0.4) is 0 Å². The van der Waals surface area contributed by atoms with Gasteiger partial charge in [0.2, 0.25) is 0 Å². The molecule has 1 aliphatic rings. The number of benzene rings is 3. The van der Waals surface area contributed by atoms with E-state index in [1.807, 2.05) is 25.1 Å². The molecule has 11 heteroatoms. The number of amides is 2. The molecule has 2 N–H and O–H groups in total. The van der Waals surface area contributed by atoms with Crippen LogP contribution in [0.2, 0.25) is 0 Å². The van der Waals surface area contributed by atoms with Crippen molar-refractivity contribution in [1.82, 2.24) is 4.90 Å². The van der Waals surface area contributed by atoms with Gasteiger partial charge in [-0.3, -0.25) is 14.5 Å². The maximum absolute atomic E-state index is 13.0. The average molecular weight is 625 g/mol. The Hall–Kier alpha value is -4.09. The summed E-state index contributed by atoms with van der Waals surface area (Å²) in [5.41, 5.74) is 2.47. The van der Waals surface area contributed by atoms with Crippen molar-refractivity contribution in [2.45, 2.75) is 13.8 Å². The summed E-state index contributed by atoms with van der Waals surface area (Å²) in [4.78, 5) is 43.3. The first-order valence-corrected chi connectivity index (χ1v) is 13.8. The van der Waals surface area contributed by atoms with Crippen LogP contribution in [0.1, 0.15) is 28.4 Å². The Morgan fingerprint density at radius 2 is 1.82 bits per heavy atom. The van der Waals surface area contributed by atoms with Gasteiger partial charge in [-0.05, 0) is 79.2 Å². The Morgan fingerprint density at radius 1 is 1.10 bits per heavy atom. The van der Waals surface area contributed by atoms with Crippen LogP contribution in [0.15, 0.2) is 75.0 Å². The molecule has 1 saturated heterocycles. The van der Waals surface area contributed by atoms with Gasteiger partial charge in [-0.1, -0.05) is 40.2 Å². The molecule has 2 amide bonds. The van der Waals surface area contributed by atoms with Crippen LogP contribution >= 0.6 is 27.7 Å². The van der Waals surface area contributed by atoms with Crippen LogP contribution in [-0.2, 0) is 9.59 Å². The van der Waals surface area contributed by atoms with E-state index in [2.05, 4.69) is 26.2 Å². The van der Waals surface area contributed by atoms with E-state index in [-0.39, 0.29) is 24.0 Å². The fourth-order valence-corrected chi connectivity index (χ4v) is 5.18. The molecule has 1 heterocycles. The Morgan fingerprint density at radius 3 is 2.52 bits per heavy atom. The Balaban J connectivity index is 1.56.